The first-order chi connectivity index (χ1) is 19.1. The highest BCUT2D eigenvalue weighted by Gasteiger charge is 2.31. The van der Waals surface area contributed by atoms with Crippen LogP contribution < -0.4 is 25.9 Å². The fraction of sp³-hybridized carbons (Fsp3) is 0.250. The lowest BCUT2D eigenvalue weighted by molar-refractivity contribution is -0.274. The van der Waals surface area contributed by atoms with Crippen LogP contribution in [-0.2, 0) is 26.6 Å². The number of methoxy groups -OCH3 is 1. The largest absolute Gasteiger partial charge is 0.573 e. The normalized spacial score (nSPS) is 13.5. The molecule has 0 amide bonds. The Hall–Kier alpha value is -4.58. The Morgan fingerprint density at radius 2 is 1.65 bits per heavy atom. The van der Waals surface area contributed by atoms with Gasteiger partial charge in [0.15, 0.2) is 5.82 Å². The van der Waals surface area contributed by atoms with Crippen LogP contribution in [0.2, 0.25) is 0 Å². The van der Waals surface area contributed by atoms with Crippen LogP contribution in [0.15, 0.2) is 76.4 Å². The minimum Gasteiger partial charge on any atom is -0.497 e. The van der Waals surface area contributed by atoms with Gasteiger partial charge in [0, 0.05) is 44.0 Å². The molecule has 1 aliphatic rings. The number of hydrogen-bond donors (Lipinski definition) is 1. The quantitative estimate of drug-likeness (QED) is 0.368. The molecule has 4 aromatic rings. The molecule has 0 saturated heterocycles. The maximum atomic E-state index is 13.7. The predicted molar refractivity (Wildman–Crippen MR) is 142 cm³/mol. The van der Waals surface area contributed by atoms with E-state index in [1.807, 2.05) is 24.3 Å². The van der Waals surface area contributed by atoms with Gasteiger partial charge >= 0.3 is 6.36 Å². The Balaban J connectivity index is 1.53. The average Bonchev–Trinajstić information content (AvgIpc) is 2.93. The fourth-order valence-corrected chi connectivity index (χ4v) is 4.62. The monoisotopic (exact) mass is 553 g/mol. The molecule has 208 valence electrons. The number of benzene rings is 2. The van der Waals surface area contributed by atoms with Gasteiger partial charge in [-0.05, 0) is 60.5 Å². The summed E-state index contributed by atoms with van der Waals surface area (Å²) >= 11 is 0. The van der Waals surface area contributed by atoms with Gasteiger partial charge in [0.05, 0.1) is 12.8 Å². The predicted octanol–water partition coefficient (Wildman–Crippen LogP) is 4.14. The van der Waals surface area contributed by atoms with E-state index < -0.39 is 17.7 Å². The number of alkyl halides is 3. The molecule has 12 heteroatoms. The molecular weight excluding hydrogens is 527 g/mol. The van der Waals surface area contributed by atoms with Gasteiger partial charge in [-0.25, -0.2) is 0 Å². The second-order valence-electron chi connectivity index (χ2n) is 9.34. The van der Waals surface area contributed by atoms with Crippen molar-refractivity contribution in [3.8, 4) is 17.2 Å². The SMILES string of the molecule is COc1ccc(CN2CCc3c(Nc4cccn(C)c4=O)nn(-c4ccc(OC(F)(F)F)cc4)c(=O)c3C2)cc1. The van der Waals surface area contributed by atoms with Gasteiger partial charge in [0.2, 0.25) is 0 Å². The van der Waals surface area contributed by atoms with Crippen molar-refractivity contribution in [2.75, 3.05) is 19.0 Å². The number of pyridine rings is 1. The molecule has 0 bridgehead atoms. The lowest BCUT2D eigenvalue weighted by Gasteiger charge is -2.30. The first kappa shape index (κ1) is 27.0. The molecule has 0 radical (unpaired) electrons. The number of nitrogens with zero attached hydrogens (tertiary/aromatic N) is 4. The zero-order chi connectivity index (χ0) is 28.4. The van der Waals surface area contributed by atoms with E-state index in [1.54, 1.807) is 32.5 Å². The Labute approximate surface area is 227 Å². The van der Waals surface area contributed by atoms with Gasteiger partial charge in [-0.1, -0.05) is 12.1 Å². The molecule has 1 aliphatic heterocycles. The van der Waals surface area contributed by atoms with Crippen molar-refractivity contribution in [3.63, 3.8) is 0 Å². The Kier molecular flexibility index (Phi) is 7.35. The van der Waals surface area contributed by atoms with Gasteiger partial charge < -0.3 is 19.4 Å². The smallest absolute Gasteiger partial charge is 0.497 e. The van der Waals surface area contributed by atoms with E-state index in [0.29, 0.717) is 43.0 Å². The van der Waals surface area contributed by atoms with Gasteiger partial charge in [-0.15, -0.1) is 18.3 Å². The Morgan fingerprint density at radius 1 is 0.950 bits per heavy atom. The number of aryl methyl sites for hydroxylation is 1. The van der Waals surface area contributed by atoms with E-state index in [0.717, 1.165) is 28.1 Å². The zero-order valence-corrected chi connectivity index (χ0v) is 21.7. The van der Waals surface area contributed by atoms with Crippen molar-refractivity contribution in [1.82, 2.24) is 19.2 Å². The summed E-state index contributed by atoms with van der Waals surface area (Å²) in [5.74, 6) is 0.660. The summed E-state index contributed by atoms with van der Waals surface area (Å²) < 4.78 is 49.6. The highest BCUT2D eigenvalue weighted by Crippen LogP contribution is 2.27. The van der Waals surface area contributed by atoms with Crippen LogP contribution in [0.25, 0.3) is 5.69 Å². The van der Waals surface area contributed by atoms with Crippen LogP contribution in [-0.4, -0.2) is 39.3 Å². The van der Waals surface area contributed by atoms with E-state index in [2.05, 4.69) is 20.1 Å². The molecule has 0 unspecified atom stereocenters. The second-order valence-corrected chi connectivity index (χ2v) is 9.34. The van der Waals surface area contributed by atoms with Crippen LogP contribution in [0.5, 0.6) is 11.5 Å². The van der Waals surface area contributed by atoms with Gasteiger partial charge in [0.1, 0.15) is 17.2 Å². The number of fused-ring (bicyclic) bond motifs is 1. The standard InChI is InChI=1S/C28H26F3N5O4/c1-34-14-3-4-24(27(34)38)32-25-22-13-15-35(16-18-5-9-20(39-2)10-6-18)17-23(22)26(37)36(33-25)19-7-11-21(12-8-19)40-28(29,30)31/h3-12,14H,13,15-17H2,1-2H3,(H,32,33). The first-order valence-corrected chi connectivity index (χ1v) is 12.4. The number of ether oxygens (including phenoxy) is 2. The van der Waals surface area contributed by atoms with E-state index in [9.17, 15) is 22.8 Å². The van der Waals surface area contributed by atoms with E-state index in [4.69, 9.17) is 4.74 Å². The van der Waals surface area contributed by atoms with Crippen molar-refractivity contribution < 1.29 is 22.6 Å². The topological polar surface area (TPSA) is 90.6 Å². The number of halogens is 3. The third kappa shape index (κ3) is 5.86. The number of rotatable bonds is 7. The molecule has 0 atom stereocenters. The average molecular weight is 554 g/mol. The molecule has 0 saturated carbocycles. The highest BCUT2D eigenvalue weighted by atomic mass is 19.4. The number of hydrogen-bond acceptors (Lipinski definition) is 7. The molecule has 2 aromatic heterocycles. The van der Waals surface area contributed by atoms with Crippen LogP contribution in [0, 0.1) is 0 Å². The second kappa shape index (κ2) is 10.9. The lowest BCUT2D eigenvalue weighted by atomic mass is 10.0. The molecule has 1 N–H and O–H groups in total. The fourth-order valence-electron chi connectivity index (χ4n) is 4.62. The number of nitrogens with one attached hydrogen (secondary N) is 1. The third-order valence-corrected chi connectivity index (χ3v) is 6.62. The zero-order valence-electron chi connectivity index (χ0n) is 21.7. The van der Waals surface area contributed by atoms with Crippen LogP contribution in [0.3, 0.4) is 0 Å². The highest BCUT2D eigenvalue weighted by molar-refractivity contribution is 5.60. The minimum atomic E-state index is -4.84. The van der Waals surface area contributed by atoms with E-state index in [-0.39, 0.29) is 16.9 Å². The summed E-state index contributed by atoms with van der Waals surface area (Å²) in [5.41, 5.74) is 2.07. The molecule has 5 rings (SSSR count). The molecular formula is C28H26F3N5O4. The summed E-state index contributed by atoms with van der Waals surface area (Å²) in [6, 6.07) is 15.9. The minimum absolute atomic E-state index is 0.249. The molecule has 2 aromatic carbocycles. The van der Waals surface area contributed by atoms with E-state index in [1.165, 1.54) is 16.7 Å². The number of anilines is 2. The molecule has 0 fully saturated rings. The van der Waals surface area contributed by atoms with Crippen LogP contribution >= 0.6 is 0 Å². The van der Waals surface area contributed by atoms with Crippen molar-refractivity contribution in [3.05, 3.63) is 104 Å². The Bertz CT molecular complexity index is 1630. The molecule has 3 heterocycles. The summed E-state index contributed by atoms with van der Waals surface area (Å²) in [6.07, 6.45) is -2.71. The van der Waals surface area contributed by atoms with Crippen molar-refractivity contribution in [2.45, 2.75) is 25.9 Å². The van der Waals surface area contributed by atoms with Crippen LogP contribution in [0.1, 0.15) is 16.7 Å². The van der Waals surface area contributed by atoms with Gasteiger partial charge in [-0.2, -0.15) is 4.68 Å². The Morgan fingerprint density at radius 3 is 2.33 bits per heavy atom. The maximum absolute atomic E-state index is 13.7. The molecule has 0 spiro atoms. The third-order valence-electron chi connectivity index (χ3n) is 6.62. The van der Waals surface area contributed by atoms with Gasteiger partial charge in [-0.3, -0.25) is 14.5 Å². The van der Waals surface area contributed by atoms with Crippen molar-refractivity contribution >= 4 is 11.5 Å². The molecule has 40 heavy (non-hydrogen) atoms. The van der Waals surface area contributed by atoms with Crippen molar-refractivity contribution in [1.29, 1.82) is 0 Å². The first-order valence-electron chi connectivity index (χ1n) is 12.4. The van der Waals surface area contributed by atoms with Crippen LogP contribution in [0.4, 0.5) is 24.7 Å². The van der Waals surface area contributed by atoms with Gasteiger partial charge in [0.25, 0.3) is 11.1 Å². The summed E-state index contributed by atoms with van der Waals surface area (Å²) in [4.78, 5) is 28.5. The molecule has 0 aliphatic carbocycles. The summed E-state index contributed by atoms with van der Waals surface area (Å²) in [6.45, 7) is 1.56. The molecule has 9 nitrogen and oxygen atoms in total. The van der Waals surface area contributed by atoms with Crippen molar-refractivity contribution in [2.24, 2.45) is 7.05 Å². The maximum Gasteiger partial charge on any atom is 0.573 e. The summed E-state index contributed by atoms with van der Waals surface area (Å²) in [5, 5.41) is 7.59. The number of aromatic nitrogens is 3. The van der Waals surface area contributed by atoms with E-state index >= 15 is 0 Å². The summed E-state index contributed by atoms with van der Waals surface area (Å²) in [7, 11) is 3.22. The lowest BCUT2D eigenvalue weighted by Crippen LogP contribution is -2.38.